The van der Waals surface area contributed by atoms with Crippen LogP contribution < -0.4 is 20.6 Å². The summed E-state index contributed by atoms with van der Waals surface area (Å²) in [5.74, 6) is 7.77. The largest absolute Gasteiger partial charge is 0.454 e. The van der Waals surface area contributed by atoms with Gasteiger partial charge in [-0.15, -0.1) is 10.2 Å². The van der Waals surface area contributed by atoms with Crippen molar-refractivity contribution in [2.24, 2.45) is 0 Å². The van der Waals surface area contributed by atoms with Crippen molar-refractivity contribution < 1.29 is 14.3 Å². The Balaban J connectivity index is 1.35. The zero-order valence-corrected chi connectivity index (χ0v) is 17.2. The first-order valence-electron chi connectivity index (χ1n) is 8.45. The van der Waals surface area contributed by atoms with E-state index < -0.39 is 0 Å². The zero-order chi connectivity index (χ0) is 20.4. The number of nitrogen functional groups attached to an aromatic ring is 1. The maximum atomic E-state index is 12.2. The Hall–Kier alpha value is -2.62. The van der Waals surface area contributed by atoms with Gasteiger partial charge in [0.1, 0.15) is 0 Å². The predicted octanol–water partition coefficient (Wildman–Crippen LogP) is 3.10. The van der Waals surface area contributed by atoms with Crippen LogP contribution in [0.4, 0.5) is 0 Å². The lowest BCUT2D eigenvalue weighted by Crippen LogP contribution is -2.25. The topological polar surface area (TPSA) is 104 Å². The molecule has 0 bridgehead atoms. The van der Waals surface area contributed by atoms with Crippen LogP contribution in [0.5, 0.6) is 11.5 Å². The van der Waals surface area contributed by atoms with Crippen molar-refractivity contribution in [3.05, 3.63) is 52.0 Å². The van der Waals surface area contributed by atoms with E-state index in [9.17, 15) is 4.79 Å². The molecule has 2 aromatic carbocycles. The summed E-state index contributed by atoms with van der Waals surface area (Å²) in [6.45, 7) is 0.582. The second-order valence-corrected chi connectivity index (χ2v) is 7.84. The fraction of sp³-hybridized carbons (Fsp3) is 0.167. The highest BCUT2D eigenvalue weighted by molar-refractivity contribution is 7.99. The molecule has 150 valence electrons. The molecule has 0 atom stereocenters. The van der Waals surface area contributed by atoms with Gasteiger partial charge in [-0.05, 0) is 35.9 Å². The maximum absolute atomic E-state index is 12.2. The molecule has 3 N–H and O–H groups in total. The molecule has 0 saturated heterocycles. The standard InChI is InChI=1S/C18H15Cl2N5O3S/c19-11-2-3-13(20)12(6-11)17-23-24-18(25(17)21)29-8-16(26)22-7-10-1-4-14-15(5-10)28-9-27-14/h1-6H,7-9,21H2,(H,22,26). The second kappa shape index (κ2) is 8.40. The van der Waals surface area contributed by atoms with Crippen LogP contribution in [-0.4, -0.2) is 33.3 Å². The highest BCUT2D eigenvalue weighted by Crippen LogP contribution is 2.32. The maximum Gasteiger partial charge on any atom is 0.231 e. The highest BCUT2D eigenvalue weighted by Gasteiger charge is 2.17. The van der Waals surface area contributed by atoms with Gasteiger partial charge in [-0.3, -0.25) is 4.79 Å². The molecule has 11 heteroatoms. The fourth-order valence-corrected chi connectivity index (χ4v) is 3.72. The summed E-state index contributed by atoms with van der Waals surface area (Å²) in [6, 6.07) is 10.5. The summed E-state index contributed by atoms with van der Waals surface area (Å²) in [7, 11) is 0. The van der Waals surface area contributed by atoms with Crippen molar-refractivity contribution in [3.8, 4) is 22.9 Å². The molecule has 3 aromatic rings. The Morgan fingerprint density at radius 3 is 2.86 bits per heavy atom. The number of hydrogen-bond donors (Lipinski definition) is 2. The van der Waals surface area contributed by atoms with Crippen LogP contribution in [0.25, 0.3) is 11.4 Å². The average molecular weight is 452 g/mol. The molecule has 0 unspecified atom stereocenters. The molecule has 4 rings (SSSR count). The molecule has 0 saturated carbocycles. The summed E-state index contributed by atoms with van der Waals surface area (Å²) in [5, 5.41) is 12.3. The zero-order valence-electron chi connectivity index (χ0n) is 14.9. The monoisotopic (exact) mass is 451 g/mol. The van der Waals surface area contributed by atoms with Crippen molar-refractivity contribution in [3.63, 3.8) is 0 Å². The summed E-state index contributed by atoms with van der Waals surface area (Å²) in [6.07, 6.45) is 0. The molecule has 29 heavy (non-hydrogen) atoms. The van der Waals surface area contributed by atoms with Gasteiger partial charge in [-0.2, -0.15) is 0 Å². The Labute approximate surface area is 180 Å². The fourth-order valence-electron chi connectivity index (χ4n) is 2.66. The normalized spacial score (nSPS) is 12.2. The average Bonchev–Trinajstić information content (AvgIpc) is 3.32. The van der Waals surface area contributed by atoms with Gasteiger partial charge in [0.25, 0.3) is 0 Å². The van der Waals surface area contributed by atoms with Gasteiger partial charge >= 0.3 is 0 Å². The van der Waals surface area contributed by atoms with Crippen LogP contribution in [0.2, 0.25) is 10.0 Å². The first-order chi connectivity index (χ1) is 14.0. The molecule has 8 nitrogen and oxygen atoms in total. The Morgan fingerprint density at radius 1 is 1.17 bits per heavy atom. The summed E-state index contributed by atoms with van der Waals surface area (Å²) in [5.41, 5.74) is 1.47. The van der Waals surface area contributed by atoms with Gasteiger partial charge in [0.05, 0.1) is 10.8 Å². The first-order valence-corrected chi connectivity index (χ1v) is 10.2. The van der Waals surface area contributed by atoms with E-state index in [1.165, 1.54) is 16.4 Å². The van der Waals surface area contributed by atoms with E-state index in [-0.39, 0.29) is 18.5 Å². The number of aromatic nitrogens is 3. The smallest absolute Gasteiger partial charge is 0.231 e. The lowest BCUT2D eigenvalue weighted by molar-refractivity contribution is -0.118. The van der Waals surface area contributed by atoms with Crippen LogP contribution >= 0.6 is 35.0 Å². The first kappa shape index (κ1) is 19.7. The van der Waals surface area contributed by atoms with Gasteiger partial charge in [0, 0.05) is 17.1 Å². The van der Waals surface area contributed by atoms with Crippen molar-refractivity contribution in [1.82, 2.24) is 20.2 Å². The number of halogens is 2. The third kappa shape index (κ3) is 4.36. The Kier molecular flexibility index (Phi) is 5.70. The number of thioether (sulfide) groups is 1. The number of benzene rings is 2. The van der Waals surface area contributed by atoms with Crippen LogP contribution in [0, 0.1) is 0 Å². The third-order valence-electron chi connectivity index (χ3n) is 4.09. The number of nitrogens with zero attached hydrogens (tertiary/aromatic N) is 3. The number of ether oxygens (including phenoxy) is 2. The minimum Gasteiger partial charge on any atom is -0.454 e. The molecule has 0 radical (unpaired) electrons. The van der Waals surface area contributed by atoms with Gasteiger partial charge in [0.2, 0.25) is 17.9 Å². The summed E-state index contributed by atoms with van der Waals surface area (Å²) < 4.78 is 11.9. The quantitative estimate of drug-likeness (QED) is 0.438. The number of rotatable bonds is 6. The molecular formula is C18H15Cl2N5O3S. The summed E-state index contributed by atoms with van der Waals surface area (Å²) in [4.78, 5) is 12.2. The number of amides is 1. The van der Waals surface area contributed by atoms with Crippen molar-refractivity contribution in [2.75, 3.05) is 18.4 Å². The molecular weight excluding hydrogens is 437 g/mol. The summed E-state index contributed by atoms with van der Waals surface area (Å²) >= 11 is 13.4. The molecule has 0 spiro atoms. The number of nitrogens with one attached hydrogen (secondary N) is 1. The number of nitrogens with two attached hydrogens (primary N) is 1. The van der Waals surface area contributed by atoms with Crippen molar-refractivity contribution in [2.45, 2.75) is 11.7 Å². The Bertz CT molecular complexity index is 1080. The van der Waals surface area contributed by atoms with Crippen LogP contribution in [0.15, 0.2) is 41.6 Å². The molecule has 0 aliphatic carbocycles. The number of carbonyl (C=O) groups is 1. The number of carbonyl (C=O) groups excluding carboxylic acids is 1. The van der Waals surface area contributed by atoms with E-state index in [0.717, 1.165) is 5.56 Å². The van der Waals surface area contributed by atoms with Crippen LogP contribution in [0.3, 0.4) is 0 Å². The van der Waals surface area contributed by atoms with Crippen LogP contribution in [-0.2, 0) is 11.3 Å². The lowest BCUT2D eigenvalue weighted by atomic mass is 10.2. The Morgan fingerprint density at radius 2 is 2.00 bits per heavy atom. The van der Waals surface area contributed by atoms with Crippen LogP contribution in [0.1, 0.15) is 5.56 Å². The SMILES string of the molecule is Nn1c(SCC(=O)NCc2ccc3c(c2)OCO3)nnc1-c1cc(Cl)ccc1Cl. The molecule has 1 aliphatic rings. The molecule has 0 fully saturated rings. The highest BCUT2D eigenvalue weighted by atomic mass is 35.5. The van der Waals surface area contributed by atoms with E-state index >= 15 is 0 Å². The van der Waals surface area contributed by atoms with Gasteiger partial charge in [-0.25, -0.2) is 4.68 Å². The van der Waals surface area contributed by atoms with Crippen molar-refractivity contribution >= 4 is 40.9 Å². The van der Waals surface area contributed by atoms with Crippen molar-refractivity contribution in [1.29, 1.82) is 0 Å². The number of fused-ring (bicyclic) bond motifs is 1. The van der Waals surface area contributed by atoms with E-state index in [4.69, 9.17) is 38.5 Å². The molecule has 2 heterocycles. The van der Waals surface area contributed by atoms with E-state index in [1.807, 2.05) is 18.2 Å². The van der Waals surface area contributed by atoms with E-state index in [1.54, 1.807) is 18.2 Å². The molecule has 1 aliphatic heterocycles. The third-order valence-corrected chi connectivity index (χ3v) is 5.60. The number of hydrogen-bond acceptors (Lipinski definition) is 7. The lowest BCUT2D eigenvalue weighted by Gasteiger charge is -2.07. The minimum atomic E-state index is -0.169. The van der Waals surface area contributed by atoms with E-state index in [2.05, 4.69) is 15.5 Å². The minimum absolute atomic E-state index is 0.128. The van der Waals surface area contributed by atoms with Gasteiger partial charge in [0.15, 0.2) is 17.3 Å². The predicted molar refractivity (Wildman–Crippen MR) is 111 cm³/mol. The van der Waals surface area contributed by atoms with Gasteiger partial charge < -0.3 is 20.6 Å². The molecule has 1 aromatic heterocycles. The van der Waals surface area contributed by atoms with E-state index in [0.29, 0.717) is 44.6 Å². The molecule has 1 amide bonds. The second-order valence-electron chi connectivity index (χ2n) is 6.05. The van der Waals surface area contributed by atoms with Gasteiger partial charge in [-0.1, -0.05) is 41.0 Å².